The van der Waals surface area contributed by atoms with Crippen molar-refractivity contribution < 1.29 is 47.1 Å². The van der Waals surface area contributed by atoms with Crippen LogP contribution in [-0.4, -0.2) is 8.76 Å². The SMILES string of the molecule is O=S([O-])c1ccc(F)c(F)c1.[Na+]. The van der Waals surface area contributed by atoms with Crippen molar-refractivity contribution in [2.45, 2.75) is 4.90 Å². The number of rotatable bonds is 1. The van der Waals surface area contributed by atoms with Crippen LogP contribution in [0.1, 0.15) is 0 Å². The smallest absolute Gasteiger partial charge is 0.768 e. The second-order valence-corrected chi connectivity index (χ2v) is 2.75. The Morgan fingerprint density at radius 1 is 1.25 bits per heavy atom. The quantitative estimate of drug-likeness (QED) is 0.396. The van der Waals surface area contributed by atoms with Crippen molar-refractivity contribution in [3.63, 3.8) is 0 Å². The first-order valence-electron chi connectivity index (χ1n) is 2.65. The molecule has 0 N–H and O–H groups in total. The maximum absolute atomic E-state index is 12.3. The molecule has 0 aromatic heterocycles. The third kappa shape index (κ3) is 2.91. The molecule has 0 aliphatic rings. The maximum Gasteiger partial charge on any atom is 1.00 e. The molecule has 2 nitrogen and oxygen atoms in total. The van der Waals surface area contributed by atoms with Crippen molar-refractivity contribution >= 4 is 11.1 Å². The Hall–Kier alpha value is 0.190. The Labute approximate surface area is 92.6 Å². The molecule has 1 unspecified atom stereocenters. The Morgan fingerprint density at radius 3 is 2.25 bits per heavy atom. The van der Waals surface area contributed by atoms with Crippen LogP contribution in [0.4, 0.5) is 8.78 Å². The number of halogens is 2. The minimum absolute atomic E-state index is 0. The summed E-state index contributed by atoms with van der Waals surface area (Å²) in [5.41, 5.74) is 0. The van der Waals surface area contributed by atoms with Crippen LogP contribution >= 0.6 is 0 Å². The van der Waals surface area contributed by atoms with Gasteiger partial charge < -0.3 is 4.55 Å². The average Bonchev–Trinajstić information content (AvgIpc) is 1.94. The molecule has 0 spiro atoms. The van der Waals surface area contributed by atoms with Crippen molar-refractivity contribution in [1.82, 2.24) is 0 Å². The summed E-state index contributed by atoms with van der Waals surface area (Å²) in [6, 6.07) is 2.38. The fourth-order valence-electron chi connectivity index (χ4n) is 0.581. The monoisotopic (exact) mass is 200 g/mol. The van der Waals surface area contributed by atoms with E-state index in [1.165, 1.54) is 0 Å². The average molecular weight is 200 g/mol. The summed E-state index contributed by atoms with van der Waals surface area (Å²) in [4.78, 5) is -0.260. The van der Waals surface area contributed by atoms with Gasteiger partial charge in [-0.25, -0.2) is 8.78 Å². The minimum Gasteiger partial charge on any atom is -0.768 e. The normalized spacial score (nSPS) is 11.9. The first kappa shape index (κ1) is 12.2. The van der Waals surface area contributed by atoms with Gasteiger partial charge in [-0.05, 0) is 29.3 Å². The Kier molecular flexibility index (Phi) is 5.12. The zero-order chi connectivity index (χ0) is 8.43. The fourth-order valence-corrected chi connectivity index (χ4v) is 0.959. The van der Waals surface area contributed by atoms with Gasteiger partial charge in [0.25, 0.3) is 0 Å². The zero-order valence-electron chi connectivity index (χ0n) is 6.21. The molecule has 0 fully saturated rings. The summed E-state index contributed by atoms with van der Waals surface area (Å²) in [5.74, 6) is -2.22. The Morgan fingerprint density at radius 2 is 1.83 bits per heavy atom. The van der Waals surface area contributed by atoms with E-state index in [0.717, 1.165) is 12.1 Å². The van der Waals surface area contributed by atoms with Crippen molar-refractivity contribution in [3.8, 4) is 0 Å². The molecule has 12 heavy (non-hydrogen) atoms. The van der Waals surface area contributed by atoms with E-state index >= 15 is 0 Å². The van der Waals surface area contributed by atoms with E-state index in [1.54, 1.807) is 0 Å². The Bertz CT molecular complexity index is 306. The van der Waals surface area contributed by atoms with Gasteiger partial charge >= 0.3 is 29.6 Å². The van der Waals surface area contributed by atoms with E-state index in [1.807, 2.05) is 0 Å². The zero-order valence-corrected chi connectivity index (χ0v) is 9.03. The van der Waals surface area contributed by atoms with Gasteiger partial charge in [0.1, 0.15) is 0 Å². The minimum atomic E-state index is -2.50. The van der Waals surface area contributed by atoms with Gasteiger partial charge in [-0.1, -0.05) is 0 Å². The standard InChI is InChI=1S/C6H4F2O2S.Na/c7-5-2-1-4(11(9)10)3-6(5)8;/h1-3H,(H,9,10);/q;+1/p-1. The predicted molar refractivity (Wildman–Crippen MR) is 33.5 cm³/mol. The van der Waals surface area contributed by atoms with Gasteiger partial charge in [-0.3, -0.25) is 4.21 Å². The molecule has 0 aliphatic carbocycles. The largest absolute Gasteiger partial charge is 1.00 e. The third-order valence-corrected chi connectivity index (χ3v) is 1.72. The molecular formula is C6H3F2NaO2S. The molecular weight excluding hydrogens is 197 g/mol. The van der Waals surface area contributed by atoms with Gasteiger partial charge in [0.2, 0.25) is 0 Å². The van der Waals surface area contributed by atoms with Crippen LogP contribution in [0.5, 0.6) is 0 Å². The van der Waals surface area contributed by atoms with Crippen LogP contribution in [0.2, 0.25) is 0 Å². The van der Waals surface area contributed by atoms with Crippen LogP contribution in [0.3, 0.4) is 0 Å². The van der Waals surface area contributed by atoms with Crippen LogP contribution in [-0.2, 0) is 11.1 Å². The second kappa shape index (κ2) is 5.04. The topological polar surface area (TPSA) is 40.1 Å². The molecule has 0 amide bonds. The molecule has 1 rings (SSSR count). The van der Waals surface area contributed by atoms with Crippen molar-refractivity contribution in [1.29, 1.82) is 0 Å². The molecule has 0 bridgehead atoms. The van der Waals surface area contributed by atoms with Crippen molar-refractivity contribution in [2.75, 3.05) is 0 Å². The van der Waals surface area contributed by atoms with E-state index in [2.05, 4.69) is 0 Å². The summed E-state index contributed by atoms with van der Waals surface area (Å²) < 4.78 is 44.8. The molecule has 60 valence electrons. The van der Waals surface area contributed by atoms with Crippen LogP contribution in [0, 0.1) is 11.6 Å². The molecule has 0 radical (unpaired) electrons. The molecule has 6 heteroatoms. The number of hydrogen-bond acceptors (Lipinski definition) is 2. The van der Waals surface area contributed by atoms with Crippen LogP contribution in [0.25, 0.3) is 0 Å². The first-order chi connectivity index (χ1) is 5.11. The molecule has 0 heterocycles. The van der Waals surface area contributed by atoms with E-state index in [-0.39, 0.29) is 34.5 Å². The van der Waals surface area contributed by atoms with Gasteiger partial charge in [0, 0.05) is 4.90 Å². The van der Waals surface area contributed by atoms with Crippen molar-refractivity contribution in [2.24, 2.45) is 0 Å². The Balaban J connectivity index is 0.00000121. The molecule has 1 atom stereocenters. The van der Waals surface area contributed by atoms with Crippen LogP contribution < -0.4 is 29.6 Å². The number of benzene rings is 1. The third-order valence-electron chi connectivity index (χ3n) is 1.08. The van der Waals surface area contributed by atoms with E-state index in [4.69, 9.17) is 0 Å². The van der Waals surface area contributed by atoms with Gasteiger partial charge in [-0.2, -0.15) is 0 Å². The summed E-state index contributed by atoms with van der Waals surface area (Å²) in [7, 11) is 0. The van der Waals surface area contributed by atoms with Gasteiger partial charge in [0.15, 0.2) is 11.6 Å². The molecule has 1 aromatic rings. The summed E-state index contributed by atoms with van der Waals surface area (Å²) >= 11 is -2.50. The van der Waals surface area contributed by atoms with E-state index < -0.39 is 22.7 Å². The molecule has 0 saturated carbocycles. The van der Waals surface area contributed by atoms with Gasteiger partial charge in [0.05, 0.1) is 0 Å². The summed E-state index contributed by atoms with van der Waals surface area (Å²) in [6.45, 7) is 0. The van der Waals surface area contributed by atoms with Crippen molar-refractivity contribution in [3.05, 3.63) is 29.8 Å². The maximum atomic E-state index is 12.3. The predicted octanol–water partition coefficient (Wildman–Crippen LogP) is -1.79. The molecule has 0 aliphatic heterocycles. The first-order valence-corrected chi connectivity index (χ1v) is 3.73. The molecule has 0 saturated heterocycles. The number of hydrogen-bond donors (Lipinski definition) is 0. The second-order valence-electron chi connectivity index (χ2n) is 1.81. The van der Waals surface area contributed by atoms with E-state index in [0.29, 0.717) is 6.07 Å². The summed E-state index contributed by atoms with van der Waals surface area (Å²) in [5, 5.41) is 0. The van der Waals surface area contributed by atoms with E-state index in [9.17, 15) is 17.5 Å². The summed E-state index contributed by atoms with van der Waals surface area (Å²) in [6.07, 6.45) is 0. The molecule has 1 aromatic carbocycles. The van der Waals surface area contributed by atoms with Gasteiger partial charge in [-0.15, -0.1) is 0 Å². The fraction of sp³-hybridized carbons (Fsp3) is 0. The van der Waals surface area contributed by atoms with Crippen LogP contribution in [0.15, 0.2) is 23.1 Å².